The molecule has 0 saturated heterocycles. The van der Waals surface area contributed by atoms with Gasteiger partial charge in [0.15, 0.2) is 0 Å². The van der Waals surface area contributed by atoms with Crippen LogP contribution in [0.5, 0.6) is 0 Å². The fraction of sp³-hybridized carbons (Fsp3) is 0. The van der Waals surface area contributed by atoms with Crippen molar-refractivity contribution in [2.24, 2.45) is 0 Å². The van der Waals surface area contributed by atoms with Crippen LogP contribution in [0.4, 0.5) is 15.8 Å². The topological polar surface area (TPSA) is 75.3 Å². The van der Waals surface area contributed by atoms with Gasteiger partial charge in [-0.2, -0.15) is 0 Å². The molecular formula is C19H13Cl2FN2O3S. The van der Waals surface area contributed by atoms with Gasteiger partial charge >= 0.3 is 0 Å². The van der Waals surface area contributed by atoms with Gasteiger partial charge < -0.3 is 5.32 Å². The lowest BCUT2D eigenvalue weighted by Gasteiger charge is -2.11. The van der Waals surface area contributed by atoms with Gasteiger partial charge in [-0.1, -0.05) is 41.4 Å². The molecule has 0 spiro atoms. The van der Waals surface area contributed by atoms with Crippen molar-refractivity contribution in [2.45, 2.75) is 4.90 Å². The van der Waals surface area contributed by atoms with Crippen molar-refractivity contribution in [1.29, 1.82) is 0 Å². The SMILES string of the molecule is O=C(Nc1ccc(F)c(Cl)c1)c1cccc(S(=O)(=O)Nc2ccccc2Cl)c1. The molecule has 0 bridgehead atoms. The predicted octanol–water partition coefficient (Wildman–Crippen LogP) is 5.19. The summed E-state index contributed by atoms with van der Waals surface area (Å²) in [4.78, 5) is 12.3. The minimum Gasteiger partial charge on any atom is -0.322 e. The average Bonchev–Trinajstić information content (AvgIpc) is 2.66. The van der Waals surface area contributed by atoms with Crippen molar-refractivity contribution in [2.75, 3.05) is 10.0 Å². The number of carbonyl (C=O) groups is 1. The van der Waals surface area contributed by atoms with E-state index in [1.165, 1.54) is 42.5 Å². The highest BCUT2D eigenvalue weighted by atomic mass is 35.5. The number of rotatable bonds is 5. The van der Waals surface area contributed by atoms with Crippen LogP contribution >= 0.6 is 23.2 Å². The first-order valence-electron chi connectivity index (χ1n) is 7.90. The van der Waals surface area contributed by atoms with Crippen molar-refractivity contribution in [3.8, 4) is 0 Å². The van der Waals surface area contributed by atoms with E-state index < -0.39 is 21.7 Å². The maximum Gasteiger partial charge on any atom is 0.261 e. The molecule has 3 rings (SSSR count). The second kappa shape index (κ2) is 8.18. The summed E-state index contributed by atoms with van der Waals surface area (Å²) >= 11 is 11.7. The molecule has 0 saturated carbocycles. The Labute approximate surface area is 171 Å². The summed E-state index contributed by atoms with van der Waals surface area (Å²) in [5.41, 5.74) is 0.598. The van der Waals surface area contributed by atoms with Crippen molar-refractivity contribution in [3.05, 3.63) is 88.2 Å². The summed E-state index contributed by atoms with van der Waals surface area (Å²) in [7, 11) is -3.96. The molecule has 3 aromatic rings. The Kier molecular flexibility index (Phi) is 5.88. The summed E-state index contributed by atoms with van der Waals surface area (Å²) in [5, 5.41) is 2.64. The molecule has 0 aliphatic carbocycles. The number of anilines is 2. The smallest absolute Gasteiger partial charge is 0.261 e. The third kappa shape index (κ3) is 4.62. The molecule has 0 fully saturated rings. The van der Waals surface area contributed by atoms with Crippen LogP contribution in [0.1, 0.15) is 10.4 Å². The number of carbonyl (C=O) groups excluding carboxylic acids is 1. The summed E-state index contributed by atoms with van der Waals surface area (Å²) < 4.78 is 40.8. The molecule has 0 aliphatic rings. The van der Waals surface area contributed by atoms with E-state index in [0.717, 1.165) is 6.07 Å². The van der Waals surface area contributed by atoms with Gasteiger partial charge in [-0.25, -0.2) is 12.8 Å². The van der Waals surface area contributed by atoms with Crippen molar-refractivity contribution in [1.82, 2.24) is 0 Å². The van der Waals surface area contributed by atoms with Gasteiger partial charge in [-0.15, -0.1) is 0 Å². The Morgan fingerprint density at radius 1 is 0.893 bits per heavy atom. The average molecular weight is 439 g/mol. The minimum absolute atomic E-state index is 0.0995. The van der Waals surface area contributed by atoms with E-state index in [4.69, 9.17) is 23.2 Å². The van der Waals surface area contributed by atoms with E-state index >= 15 is 0 Å². The lowest BCUT2D eigenvalue weighted by molar-refractivity contribution is 0.102. The van der Waals surface area contributed by atoms with E-state index in [2.05, 4.69) is 10.0 Å². The van der Waals surface area contributed by atoms with E-state index in [9.17, 15) is 17.6 Å². The van der Waals surface area contributed by atoms with Gasteiger partial charge in [0, 0.05) is 11.3 Å². The minimum atomic E-state index is -3.96. The number of hydrogen-bond acceptors (Lipinski definition) is 3. The Morgan fingerprint density at radius 2 is 1.64 bits per heavy atom. The largest absolute Gasteiger partial charge is 0.322 e. The molecule has 0 radical (unpaired) electrons. The van der Waals surface area contributed by atoms with Gasteiger partial charge in [0.2, 0.25) is 0 Å². The van der Waals surface area contributed by atoms with E-state index in [-0.39, 0.29) is 31.9 Å². The third-order valence-electron chi connectivity index (χ3n) is 3.70. The number of halogens is 3. The number of sulfonamides is 1. The van der Waals surface area contributed by atoms with Gasteiger partial charge in [-0.3, -0.25) is 9.52 Å². The van der Waals surface area contributed by atoms with Crippen molar-refractivity contribution < 1.29 is 17.6 Å². The maximum absolute atomic E-state index is 13.2. The van der Waals surface area contributed by atoms with Crippen LogP contribution in [-0.2, 0) is 10.0 Å². The number of benzene rings is 3. The van der Waals surface area contributed by atoms with E-state index in [0.29, 0.717) is 0 Å². The third-order valence-corrected chi connectivity index (χ3v) is 5.68. The zero-order chi connectivity index (χ0) is 20.3. The number of nitrogens with one attached hydrogen (secondary N) is 2. The monoisotopic (exact) mass is 438 g/mol. The predicted molar refractivity (Wildman–Crippen MR) is 108 cm³/mol. The second-order valence-corrected chi connectivity index (χ2v) is 8.19. The van der Waals surface area contributed by atoms with E-state index in [1.54, 1.807) is 18.2 Å². The van der Waals surface area contributed by atoms with Crippen LogP contribution in [0.2, 0.25) is 10.0 Å². The first kappa shape index (κ1) is 20.1. The molecule has 0 atom stereocenters. The Morgan fingerprint density at radius 3 is 2.36 bits per heavy atom. The Hall–Kier alpha value is -2.61. The molecule has 5 nitrogen and oxygen atoms in total. The molecule has 9 heteroatoms. The lowest BCUT2D eigenvalue weighted by Crippen LogP contribution is -2.16. The number of amides is 1. The summed E-state index contributed by atoms with van der Waals surface area (Å²) in [6.45, 7) is 0. The summed E-state index contributed by atoms with van der Waals surface area (Å²) in [6.07, 6.45) is 0. The molecule has 0 heterocycles. The van der Waals surface area contributed by atoms with Crippen LogP contribution in [-0.4, -0.2) is 14.3 Å². The molecule has 0 aliphatic heterocycles. The molecular weight excluding hydrogens is 426 g/mol. The lowest BCUT2D eigenvalue weighted by atomic mass is 10.2. The normalized spacial score (nSPS) is 11.1. The van der Waals surface area contributed by atoms with Crippen LogP contribution in [0.3, 0.4) is 0 Å². The molecule has 2 N–H and O–H groups in total. The summed E-state index contributed by atoms with van der Waals surface area (Å²) in [6, 6.07) is 15.6. The van der Waals surface area contributed by atoms with Crippen LogP contribution < -0.4 is 10.0 Å². The van der Waals surface area contributed by atoms with Gasteiger partial charge in [0.05, 0.1) is 20.6 Å². The van der Waals surface area contributed by atoms with Gasteiger partial charge in [-0.05, 0) is 48.5 Å². The van der Waals surface area contributed by atoms with Gasteiger partial charge in [0.1, 0.15) is 5.82 Å². The number of hydrogen-bond donors (Lipinski definition) is 2. The fourth-order valence-electron chi connectivity index (χ4n) is 2.33. The molecule has 0 unspecified atom stereocenters. The zero-order valence-corrected chi connectivity index (χ0v) is 16.4. The molecule has 144 valence electrons. The first-order chi connectivity index (χ1) is 13.3. The second-order valence-electron chi connectivity index (χ2n) is 5.70. The summed E-state index contributed by atoms with van der Waals surface area (Å²) in [5.74, 6) is -1.18. The Balaban J connectivity index is 1.83. The zero-order valence-electron chi connectivity index (χ0n) is 14.1. The molecule has 3 aromatic carbocycles. The van der Waals surface area contributed by atoms with Gasteiger partial charge in [0.25, 0.3) is 15.9 Å². The molecule has 0 aromatic heterocycles. The quantitative estimate of drug-likeness (QED) is 0.575. The molecule has 1 amide bonds. The van der Waals surface area contributed by atoms with Crippen molar-refractivity contribution in [3.63, 3.8) is 0 Å². The number of para-hydroxylation sites is 1. The van der Waals surface area contributed by atoms with Crippen LogP contribution in [0, 0.1) is 5.82 Å². The van der Waals surface area contributed by atoms with Crippen LogP contribution in [0.25, 0.3) is 0 Å². The highest BCUT2D eigenvalue weighted by Gasteiger charge is 2.18. The maximum atomic E-state index is 13.2. The van der Waals surface area contributed by atoms with Crippen LogP contribution in [0.15, 0.2) is 71.6 Å². The van der Waals surface area contributed by atoms with E-state index in [1.807, 2.05) is 0 Å². The molecule has 28 heavy (non-hydrogen) atoms. The standard InChI is InChI=1S/C19H13Cl2FN2O3S/c20-15-6-1-2-7-18(15)24-28(26,27)14-5-3-4-12(10-14)19(25)23-13-8-9-17(22)16(21)11-13/h1-11,24H,(H,23,25). The Bertz CT molecular complexity index is 1150. The van der Waals surface area contributed by atoms with Crippen molar-refractivity contribution >= 4 is 50.5 Å². The fourth-order valence-corrected chi connectivity index (χ4v) is 3.87. The highest BCUT2D eigenvalue weighted by Crippen LogP contribution is 2.25. The highest BCUT2D eigenvalue weighted by molar-refractivity contribution is 7.92. The first-order valence-corrected chi connectivity index (χ1v) is 10.1.